The molecule has 0 amide bonds. The maximum absolute atomic E-state index is 12.3. The molecule has 0 aliphatic carbocycles. The SMILES string of the molecule is Nc1cc(Cl)ccc1CS(=O)c1nc2ccccc2[nH]1. The van der Waals surface area contributed by atoms with Crippen molar-refractivity contribution < 1.29 is 4.21 Å². The van der Waals surface area contributed by atoms with Crippen LogP contribution < -0.4 is 5.73 Å². The predicted molar refractivity (Wildman–Crippen MR) is 82.1 cm³/mol. The van der Waals surface area contributed by atoms with Crippen LogP contribution in [-0.2, 0) is 16.6 Å². The summed E-state index contributed by atoms with van der Waals surface area (Å²) in [4.78, 5) is 7.40. The van der Waals surface area contributed by atoms with Gasteiger partial charge in [-0.15, -0.1) is 0 Å². The third-order valence-corrected chi connectivity index (χ3v) is 4.41. The molecule has 2 aromatic carbocycles. The van der Waals surface area contributed by atoms with Crippen molar-refractivity contribution in [1.29, 1.82) is 0 Å². The number of imidazole rings is 1. The van der Waals surface area contributed by atoms with Gasteiger partial charge in [0.15, 0.2) is 5.16 Å². The standard InChI is InChI=1S/C14H12ClN3OS/c15-10-6-5-9(11(16)7-10)8-20(19)14-17-12-3-1-2-4-13(12)18-14/h1-7H,8,16H2,(H,17,18). The van der Waals surface area contributed by atoms with Gasteiger partial charge in [0.2, 0.25) is 0 Å². The molecule has 1 aromatic heterocycles. The molecule has 6 heteroatoms. The van der Waals surface area contributed by atoms with Crippen LogP contribution in [0.2, 0.25) is 5.02 Å². The molecule has 3 aromatic rings. The molecular formula is C14H12ClN3OS. The van der Waals surface area contributed by atoms with Crippen LogP contribution in [0.25, 0.3) is 11.0 Å². The molecule has 0 saturated carbocycles. The Hall–Kier alpha value is -1.85. The number of hydrogen-bond acceptors (Lipinski definition) is 3. The second-order valence-corrected chi connectivity index (χ2v) is 6.19. The number of aromatic nitrogens is 2. The van der Waals surface area contributed by atoms with Crippen LogP contribution in [0.4, 0.5) is 5.69 Å². The number of para-hydroxylation sites is 2. The van der Waals surface area contributed by atoms with Gasteiger partial charge in [-0.2, -0.15) is 0 Å². The fourth-order valence-corrected chi connectivity index (χ4v) is 3.23. The number of fused-ring (bicyclic) bond motifs is 1. The summed E-state index contributed by atoms with van der Waals surface area (Å²) in [7, 11) is -1.27. The first kappa shape index (κ1) is 13.1. The van der Waals surface area contributed by atoms with Crippen LogP contribution in [-0.4, -0.2) is 14.2 Å². The summed E-state index contributed by atoms with van der Waals surface area (Å²) in [6.07, 6.45) is 0. The summed E-state index contributed by atoms with van der Waals surface area (Å²) in [6, 6.07) is 12.8. The average Bonchev–Trinajstić information content (AvgIpc) is 2.86. The number of H-pyrrole nitrogens is 1. The van der Waals surface area contributed by atoms with Crippen LogP contribution >= 0.6 is 11.6 Å². The van der Waals surface area contributed by atoms with Crippen molar-refractivity contribution in [3.05, 3.63) is 53.1 Å². The highest BCUT2D eigenvalue weighted by Gasteiger charge is 2.12. The molecule has 0 aliphatic rings. The van der Waals surface area contributed by atoms with E-state index in [0.29, 0.717) is 21.6 Å². The largest absolute Gasteiger partial charge is 0.398 e. The van der Waals surface area contributed by atoms with Gasteiger partial charge in [0.1, 0.15) is 0 Å². The number of halogens is 1. The van der Waals surface area contributed by atoms with Gasteiger partial charge in [0.05, 0.1) is 27.6 Å². The molecule has 1 unspecified atom stereocenters. The Balaban J connectivity index is 1.89. The second-order valence-electron chi connectivity index (χ2n) is 4.39. The van der Waals surface area contributed by atoms with Crippen molar-refractivity contribution >= 4 is 39.1 Å². The predicted octanol–water partition coefficient (Wildman–Crippen LogP) is 3.11. The zero-order valence-electron chi connectivity index (χ0n) is 10.5. The lowest BCUT2D eigenvalue weighted by Gasteiger charge is -2.04. The number of benzene rings is 2. The number of nitrogens with two attached hydrogens (primary N) is 1. The summed E-state index contributed by atoms with van der Waals surface area (Å²) in [5, 5.41) is 1.03. The van der Waals surface area contributed by atoms with Gasteiger partial charge in [-0.05, 0) is 29.8 Å². The van der Waals surface area contributed by atoms with E-state index in [9.17, 15) is 4.21 Å². The Morgan fingerprint density at radius 1 is 1.25 bits per heavy atom. The third-order valence-electron chi connectivity index (χ3n) is 2.98. The zero-order chi connectivity index (χ0) is 14.1. The zero-order valence-corrected chi connectivity index (χ0v) is 12.0. The summed E-state index contributed by atoms with van der Waals surface area (Å²) in [5.74, 6) is 0.308. The van der Waals surface area contributed by atoms with Crippen molar-refractivity contribution in [1.82, 2.24) is 9.97 Å². The number of aromatic amines is 1. The minimum atomic E-state index is -1.27. The molecule has 0 bridgehead atoms. The maximum Gasteiger partial charge on any atom is 0.197 e. The smallest absolute Gasteiger partial charge is 0.197 e. The van der Waals surface area contributed by atoms with E-state index in [1.165, 1.54) is 0 Å². The van der Waals surface area contributed by atoms with E-state index in [2.05, 4.69) is 9.97 Å². The molecule has 3 rings (SSSR count). The third kappa shape index (κ3) is 2.55. The van der Waals surface area contributed by atoms with E-state index in [4.69, 9.17) is 17.3 Å². The van der Waals surface area contributed by atoms with Crippen LogP contribution in [0.5, 0.6) is 0 Å². The molecule has 1 atom stereocenters. The summed E-state index contributed by atoms with van der Waals surface area (Å²) in [6.45, 7) is 0. The molecule has 3 N–H and O–H groups in total. The molecule has 0 radical (unpaired) electrons. The number of anilines is 1. The van der Waals surface area contributed by atoms with Gasteiger partial charge in [0.25, 0.3) is 0 Å². The summed E-state index contributed by atoms with van der Waals surface area (Å²) < 4.78 is 12.3. The van der Waals surface area contributed by atoms with Gasteiger partial charge >= 0.3 is 0 Å². The highest BCUT2D eigenvalue weighted by Crippen LogP contribution is 2.21. The Bertz CT molecular complexity index is 767. The van der Waals surface area contributed by atoms with E-state index >= 15 is 0 Å². The number of nitrogens with one attached hydrogen (secondary N) is 1. The van der Waals surface area contributed by atoms with Gasteiger partial charge in [0, 0.05) is 10.7 Å². The molecule has 1 heterocycles. The monoisotopic (exact) mass is 305 g/mol. The van der Waals surface area contributed by atoms with Gasteiger partial charge < -0.3 is 10.7 Å². The van der Waals surface area contributed by atoms with Crippen LogP contribution in [0.1, 0.15) is 5.56 Å². The van der Waals surface area contributed by atoms with Crippen LogP contribution in [0.15, 0.2) is 47.6 Å². The highest BCUT2D eigenvalue weighted by molar-refractivity contribution is 7.84. The molecule has 102 valence electrons. The first-order valence-corrected chi connectivity index (χ1v) is 7.70. The lowest BCUT2D eigenvalue weighted by Crippen LogP contribution is -2.01. The lowest BCUT2D eigenvalue weighted by atomic mass is 10.2. The number of hydrogen-bond donors (Lipinski definition) is 2. The van der Waals surface area contributed by atoms with E-state index in [1.807, 2.05) is 24.3 Å². The fraction of sp³-hybridized carbons (Fsp3) is 0.0714. The minimum Gasteiger partial charge on any atom is -0.398 e. The van der Waals surface area contributed by atoms with Gasteiger partial charge in [-0.3, -0.25) is 4.21 Å². The second kappa shape index (κ2) is 5.26. The van der Waals surface area contributed by atoms with Gasteiger partial charge in [-0.25, -0.2) is 4.98 Å². The molecule has 0 aliphatic heterocycles. The van der Waals surface area contributed by atoms with Crippen LogP contribution in [0, 0.1) is 0 Å². The van der Waals surface area contributed by atoms with Crippen LogP contribution in [0.3, 0.4) is 0 Å². The maximum atomic E-state index is 12.3. The molecule has 20 heavy (non-hydrogen) atoms. The van der Waals surface area contributed by atoms with Crippen molar-refractivity contribution in [2.45, 2.75) is 10.9 Å². The highest BCUT2D eigenvalue weighted by atomic mass is 35.5. The Morgan fingerprint density at radius 2 is 2.05 bits per heavy atom. The topological polar surface area (TPSA) is 71.8 Å². The number of nitrogen functional groups attached to an aromatic ring is 1. The number of nitrogens with zero attached hydrogens (tertiary/aromatic N) is 1. The van der Waals surface area contributed by atoms with E-state index in [1.54, 1.807) is 18.2 Å². The molecule has 0 spiro atoms. The first-order chi connectivity index (χ1) is 9.63. The first-order valence-electron chi connectivity index (χ1n) is 6.00. The van der Waals surface area contributed by atoms with E-state index < -0.39 is 10.8 Å². The quantitative estimate of drug-likeness (QED) is 0.730. The van der Waals surface area contributed by atoms with Crippen molar-refractivity contribution in [2.24, 2.45) is 0 Å². The van der Waals surface area contributed by atoms with Crippen molar-refractivity contribution in [2.75, 3.05) is 5.73 Å². The molecular weight excluding hydrogens is 294 g/mol. The summed E-state index contributed by atoms with van der Waals surface area (Å²) in [5.41, 5.74) is 8.90. The lowest BCUT2D eigenvalue weighted by molar-refractivity contribution is 0.677. The molecule has 0 fully saturated rings. The average molecular weight is 306 g/mol. The fourth-order valence-electron chi connectivity index (χ4n) is 1.94. The molecule has 0 saturated heterocycles. The van der Waals surface area contributed by atoms with Crippen molar-refractivity contribution in [3.8, 4) is 0 Å². The Kier molecular flexibility index (Phi) is 3.46. The molecule has 4 nitrogen and oxygen atoms in total. The number of rotatable bonds is 3. The summed E-state index contributed by atoms with van der Waals surface area (Å²) >= 11 is 5.85. The minimum absolute atomic E-state index is 0.308. The van der Waals surface area contributed by atoms with Gasteiger partial charge in [-0.1, -0.05) is 29.8 Å². The van der Waals surface area contributed by atoms with E-state index in [0.717, 1.165) is 16.6 Å². The van der Waals surface area contributed by atoms with Crippen molar-refractivity contribution in [3.63, 3.8) is 0 Å². The van der Waals surface area contributed by atoms with E-state index in [-0.39, 0.29) is 0 Å². The Labute approximate surface area is 123 Å². The normalized spacial score (nSPS) is 12.7. The Morgan fingerprint density at radius 3 is 2.80 bits per heavy atom.